The number of furan rings is 1. The zero-order valence-electron chi connectivity index (χ0n) is 9.95. The van der Waals surface area contributed by atoms with Gasteiger partial charge in [-0.1, -0.05) is 11.6 Å². The van der Waals surface area contributed by atoms with E-state index in [1.54, 1.807) is 24.3 Å². The van der Waals surface area contributed by atoms with Crippen LogP contribution < -0.4 is 5.43 Å². The molecule has 7 nitrogen and oxygen atoms in total. The molecule has 0 fully saturated rings. The fourth-order valence-electron chi connectivity index (χ4n) is 1.33. The molecule has 0 unspecified atom stereocenters. The molecular weight excluding hydrogens is 286 g/mol. The molecule has 102 valence electrons. The maximum absolute atomic E-state index is 11.7. The van der Waals surface area contributed by atoms with Crippen molar-refractivity contribution in [2.24, 2.45) is 5.10 Å². The Bertz CT molecular complexity index is 664. The second-order valence-corrected chi connectivity index (χ2v) is 4.08. The number of carbonyl (C=O) groups is 1. The van der Waals surface area contributed by atoms with Crippen LogP contribution in [0.25, 0.3) is 0 Å². The van der Waals surface area contributed by atoms with E-state index < -0.39 is 16.7 Å². The Kier molecular flexibility index (Phi) is 4.11. The Morgan fingerprint density at radius 1 is 1.30 bits per heavy atom. The molecular formula is C12H8ClN3O4. The van der Waals surface area contributed by atoms with Gasteiger partial charge in [0.1, 0.15) is 4.92 Å². The van der Waals surface area contributed by atoms with Gasteiger partial charge in [0.05, 0.1) is 12.3 Å². The van der Waals surface area contributed by atoms with Crippen LogP contribution in [0.3, 0.4) is 0 Å². The van der Waals surface area contributed by atoms with Crippen LogP contribution in [0.4, 0.5) is 5.88 Å². The van der Waals surface area contributed by atoms with Gasteiger partial charge in [0, 0.05) is 10.6 Å². The van der Waals surface area contributed by atoms with E-state index in [4.69, 9.17) is 16.0 Å². The predicted molar refractivity (Wildman–Crippen MR) is 71.9 cm³/mol. The van der Waals surface area contributed by atoms with Crippen molar-refractivity contribution in [3.63, 3.8) is 0 Å². The number of amides is 1. The summed E-state index contributed by atoms with van der Waals surface area (Å²) < 4.78 is 4.83. The van der Waals surface area contributed by atoms with Crippen molar-refractivity contribution in [3.8, 4) is 0 Å². The highest BCUT2D eigenvalue weighted by molar-refractivity contribution is 6.30. The minimum atomic E-state index is -0.663. The molecule has 0 saturated carbocycles. The highest BCUT2D eigenvalue weighted by atomic mass is 35.5. The molecule has 20 heavy (non-hydrogen) atoms. The lowest BCUT2D eigenvalue weighted by Gasteiger charge is -1.98. The maximum atomic E-state index is 11.7. The van der Waals surface area contributed by atoms with Crippen molar-refractivity contribution in [1.82, 2.24) is 5.43 Å². The third kappa shape index (κ3) is 3.42. The van der Waals surface area contributed by atoms with E-state index in [0.717, 1.165) is 0 Å². The van der Waals surface area contributed by atoms with Crippen molar-refractivity contribution in [2.45, 2.75) is 0 Å². The van der Waals surface area contributed by atoms with E-state index in [9.17, 15) is 14.9 Å². The molecule has 0 saturated heterocycles. The predicted octanol–water partition coefficient (Wildman–Crippen LogP) is 2.61. The molecule has 2 rings (SSSR count). The minimum Gasteiger partial charge on any atom is -0.400 e. The summed E-state index contributed by atoms with van der Waals surface area (Å²) in [6.07, 6.45) is 1.17. The molecule has 1 N–H and O–H groups in total. The van der Waals surface area contributed by atoms with Crippen LogP contribution in [0.15, 0.2) is 45.9 Å². The van der Waals surface area contributed by atoms with Crippen LogP contribution in [-0.4, -0.2) is 17.0 Å². The number of hydrazone groups is 1. The normalized spacial score (nSPS) is 10.7. The summed E-state index contributed by atoms with van der Waals surface area (Å²) in [7, 11) is 0. The van der Waals surface area contributed by atoms with E-state index in [0.29, 0.717) is 10.6 Å². The highest BCUT2D eigenvalue weighted by Crippen LogP contribution is 2.13. The van der Waals surface area contributed by atoms with Crippen LogP contribution in [0.5, 0.6) is 0 Å². The van der Waals surface area contributed by atoms with E-state index in [1.165, 1.54) is 18.3 Å². The number of nitrogens with one attached hydrogen (secondary N) is 1. The van der Waals surface area contributed by atoms with Gasteiger partial charge in [-0.15, -0.1) is 0 Å². The Morgan fingerprint density at radius 2 is 2.00 bits per heavy atom. The number of rotatable bonds is 4. The molecule has 0 spiro atoms. The molecule has 0 aliphatic heterocycles. The molecule has 0 atom stereocenters. The second kappa shape index (κ2) is 5.98. The summed E-state index contributed by atoms with van der Waals surface area (Å²) in [6, 6.07) is 8.82. The summed E-state index contributed by atoms with van der Waals surface area (Å²) in [5, 5.41) is 14.6. The molecule has 0 aliphatic carbocycles. The number of nitrogens with zero attached hydrogens (tertiary/aromatic N) is 2. The van der Waals surface area contributed by atoms with E-state index in [2.05, 4.69) is 10.5 Å². The Labute approximate surface area is 118 Å². The second-order valence-electron chi connectivity index (χ2n) is 3.64. The number of hydrogen-bond acceptors (Lipinski definition) is 5. The Balaban J connectivity index is 1.97. The number of benzene rings is 1. The summed E-state index contributed by atoms with van der Waals surface area (Å²) in [4.78, 5) is 21.4. The third-order valence-corrected chi connectivity index (χ3v) is 2.51. The molecule has 1 aromatic heterocycles. The lowest BCUT2D eigenvalue weighted by molar-refractivity contribution is -0.402. The molecule has 1 amide bonds. The summed E-state index contributed by atoms with van der Waals surface area (Å²) in [6.45, 7) is 0. The highest BCUT2D eigenvalue weighted by Gasteiger charge is 2.10. The minimum absolute atomic E-state index is 0.160. The number of nitro groups is 1. The van der Waals surface area contributed by atoms with Crippen LogP contribution in [-0.2, 0) is 0 Å². The number of carbonyl (C=O) groups excluding carboxylic acids is 1. The van der Waals surface area contributed by atoms with Crippen LogP contribution in [0, 0.1) is 10.1 Å². The lowest BCUT2D eigenvalue weighted by atomic mass is 10.2. The van der Waals surface area contributed by atoms with Gasteiger partial charge in [-0.05, 0) is 30.3 Å². The average molecular weight is 294 g/mol. The first-order valence-corrected chi connectivity index (χ1v) is 5.77. The van der Waals surface area contributed by atoms with Gasteiger partial charge in [0.25, 0.3) is 5.91 Å². The fourth-order valence-corrected chi connectivity index (χ4v) is 1.46. The maximum Gasteiger partial charge on any atom is 0.433 e. The summed E-state index contributed by atoms with van der Waals surface area (Å²) in [5.41, 5.74) is 2.65. The summed E-state index contributed by atoms with van der Waals surface area (Å²) >= 11 is 5.70. The van der Waals surface area contributed by atoms with E-state index in [-0.39, 0.29) is 5.76 Å². The smallest absolute Gasteiger partial charge is 0.400 e. The molecule has 2 aromatic rings. The van der Waals surface area contributed by atoms with Crippen molar-refractivity contribution in [1.29, 1.82) is 0 Å². The number of hydrogen-bond donors (Lipinski definition) is 1. The van der Waals surface area contributed by atoms with Gasteiger partial charge in [0.2, 0.25) is 0 Å². The van der Waals surface area contributed by atoms with E-state index in [1.807, 2.05) is 0 Å². The lowest BCUT2D eigenvalue weighted by Crippen LogP contribution is -2.17. The Morgan fingerprint density at radius 3 is 2.60 bits per heavy atom. The fraction of sp³-hybridized carbons (Fsp3) is 0. The monoisotopic (exact) mass is 293 g/mol. The van der Waals surface area contributed by atoms with Gasteiger partial charge >= 0.3 is 5.88 Å². The van der Waals surface area contributed by atoms with Gasteiger partial charge in [-0.2, -0.15) is 5.10 Å². The van der Waals surface area contributed by atoms with Gasteiger partial charge < -0.3 is 4.42 Å². The average Bonchev–Trinajstić information content (AvgIpc) is 2.88. The quantitative estimate of drug-likeness (QED) is 0.532. The zero-order valence-corrected chi connectivity index (χ0v) is 10.7. The van der Waals surface area contributed by atoms with Crippen molar-refractivity contribution in [2.75, 3.05) is 0 Å². The molecule has 0 radical (unpaired) electrons. The molecule has 1 aromatic carbocycles. The van der Waals surface area contributed by atoms with Gasteiger partial charge in [-0.25, -0.2) is 5.43 Å². The van der Waals surface area contributed by atoms with Gasteiger partial charge in [0.15, 0.2) is 5.76 Å². The molecule has 8 heteroatoms. The SMILES string of the molecule is O=C(NN=Cc1ccc([N+](=O)[O-])o1)c1ccc(Cl)cc1. The van der Waals surface area contributed by atoms with Crippen LogP contribution >= 0.6 is 11.6 Å². The van der Waals surface area contributed by atoms with Crippen LogP contribution in [0.2, 0.25) is 5.02 Å². The molecule has 1 heterocycles. The Hall–Kier alpha value is -2.67. The topological polar surface area (TPSA) is 97.7 Å². The van der Waals surface area contributed by atoms with Crippen molar-refractivity contribution >= 4 is 29.6 Å². The largest absolute Gasteiger partial charge is 0.433 e. The van der Waals surface area contributed by atoms with Crippen LogP contribution in [0.1, 0.15) is 16.1 Å². The first-order valence-electron chi connectivity index (χ1n) is 5.39. The third-order valence-electron chi connectivity index (χ3n) is 2.26. The first-order chi connectivity index (χ1) is 9.56. The first kappa shape index (κ1) is 13.8. The molecule has 0 aliphatic rings. The van der Waals surface area contributed by atoms with Gasteiger partial charge in [-0.3, -0.25) is 14.9 Å². The standard InChI is InChI=1S/C12H8ClN3O4/c13-9-3-1-8(2-4-9)12(17)15-14-7-10-5-6-11(20-10)16(18)19/h1-7H,(H,15,17). The zero-order chi connectivity index (χ0) is 14.5. The molecule has 0 bridgehead atoms. The van der Waals surface area contributed by atoms with E-state index >= 15 is 0 Å². The number of halogens is 1. The van der Waals surface area contributed by atoms with Crippen molar-refractivity contribution < 1.29 is 14.1 Å². The summed E-state index contributed by atoms with van der Waals surface area (Å²) in [5.74, 6) is -0.664. The van der Waals surface area contributed by atoms with Crippen molar-refractivity contribution in [3.05, 3.63) is 62.9 Å².